The first-order valence-electron chi connectivity index (χ1n) is 42.2. The lowest BCUT2D eigenvalue weighted by atomic mass is 10.0. The highest BCUT2D eigenvalue weighted by Gasteiger charge is 2.40. The van der Waals surface area contributed by atoms with Gasteiger partial charge in [0.25, 0.3) is 0 Å². The summed E-state index contributed by atoms with van der Waals surface area (Å²) in [6.07, 6.45) is 14.6. The van der Waals surface area contributed by atoms with Crippen LogP contribution in [0.25, 0.3) is 0 Å². The topological polar surface area (TPSA) is 680 Å². The predicted molar refractivity (Wildman–Crippen MR) is 462 cm³/mol. The van der Waals surface area contributed by atoms with E-state index in [1.165, 1.54) is 71.6 Å². The van der Waals surface area contributed by atoms with E-state index in [-0.39, 0.29) is 114 Å². The molecule has 42 heteroatoms. The molecule has 0 aromatic heterocycles. The molecule has 123 heavy (non-hydrogen) atoms. The van der Waals surface area contributed by atoms with Gasteiger partial charge in [-0.15, -0.1) is 11.8 Å². The van der Waals surface area contributed by atoms with Gasteiger partial charge in [-0.1, -0.05) is 145 Å². The highest BCUT2D eigenvalue weighted by atomic mass is 32.2. The molecule has 686 valence electrons. The van der Waals surface area contributed by atoms with Gasteiger partial charge in [0.2, 0.25) is 94.5 Å². The maximum atomic E-state index is 14.3. The normalized spacial score (nSPS) is 15.0. The fraction of sp³-hybridized carbons (Fsp3) is 0.630. The monoisotopic (exact) mass is 1750 g/mol. The van der Waals surface area contributed by atoms with Gasteiger partial charge < -0.3 is 119 Å². The molecule has 1 aliphatic heterocycles. The van der Waals surface area contributed by atoms with Crippen LogP contribution in [-0.4, -0.2) is 258 Å². The number of carbonyl (C=O) groups excluding carboxylic acids is 16. The summed E-state index contributed by atoms with van der Waals surface area (Å²) < 4.78 is 0. The maximum Gasteiger partial charge on any atom is 0.245 e. The minimum Gasteiger partial charge on any atom is -0.394 e. The fourth-order valence-corrected chi connectivity index (χ4v) is 13.9. The number of guanidine groups is 2. The maximum absolute atomic E-state index is 14.3. The zero-order valence-electron chi connectivity index (χ0n) is 71.2. The van der Waals surface area contributed by atoms with Gasteiger partial charge >= 0.3 is 0 Å². The molecular weight excluding hydrogens is 1620 g/mol. The molecule has 1 heterocycles. The Labute approximate surface area is 722 Å². The van der Waals surface area contributed by atoms with Crippen molar-refractivity contribution in [3.63, 3.8) is 0 Å². The van der Waals surface area contributed by atoms with Crippen molar-refractivity contribution < 1.29 is 86.9 Å². The molecular formula is C81H133N23O18S. The Bertz CT molecular complexity index is 3770. The summed E-state index contributed by atoms with van der Waals surface area (Å²) >= 11 is 0.912. The standard InChI is InChI=1S/C81H133N23O18S/c1-5-6-7-8-9-10-11-12-13-14-15-16-23-36-63(107)89-40-28-41-104-67(111)44-62(79(104)122)123-49-61(69(84)112)102-75(118)58(35-27-39-91-81(87)88)99-71(114)51(3)96-77(120)60(48-105)101-74(117)56(33-24-25-37-82)100-73(116)57(34-26-38-90-80(85)86)98-70(113)50(2)95-65(109)47-94-78(121)68(52(4)106)103-76(119)59(43-54-31-21-18-22-32-54)97-66(110)46-92-64(108)45-93-72(115)55(83)42-53-29-19-17-20-30-53/h17-22,29-32,50-52,55-62,68,105-106H,5-16,23-28,33-49,82-83H2,1-4H3,(H2,84,112)(H,89,107)(H,92,108)(H,93,115)(H,94,121)(H,95,109)(H,96,120)(H,97,110)(H,98,113)(H,99,114)(H,100,116)(H,101,117)(H,102,118)(H,103,119)(H4,85,86,90)(H4,87,88,91)/t50-,51-,52+,55-,56-,57-,58-,59-,60-,61-,62?,68-/m0/s1. The van der Waals surface area contributed by atoms with Gasteiger partial charge in [0.05, 0.1) is 43.6 Å². The molecule has 0 spiro atoms. The number of likely N-dealkylation sites (tertiary alicyclic amines) is 1. The lowest BCUT2D eigenvalue weighted by Crippen LogP contribution is -2.60. The van der Waals surface area contributed by atoms with Crippen molar-refractivity contribution >= 4 is 118 Å². The Morgan fingerprint density at radius 1 is 0.463 bits per heavy atom. The number of hydrogen-bond donors (Lipinski definition) is 22. The van der Waals surface area contributed by atoms with E-state index in [0.717, 1.165) is 54.8 Å². The van der Waals surface area contributed by atoms with E-state index in [0.29, 0.717) is 24.8 Å². The fourth-order valence-electron chi connectivity index (χ4n) is 12.7. The van der Waals surface area contributed by atoms with Gasteiger partial charge in [-0.25, -0.2) is 0 Å². The average molecular weight is 1750 g/mol. The van der Waals surface area contributed by atoms with E-state index >= 15 is 0 Å². The number of thioether (sulfide) groups is 1. The van der Waals surface area contributed by atoms with E-state index in [9.17, 15) is 86.9 Å². The second kappa shape index (κ2) is 60.4. The summed E-state index contributed by atoms with van der Waals surface area (Å²) in [5, 5.41) is 52.2. The van der Waals surface area contributed by atoms with Crippen molar-refractivity contribution in [2.75, 3.05) is 64.7 Å². The summed E-state index contributed by atoms with van der Waals surface area (Å²) in [7, 11) is 0. The van der Waals surface area contributed by atoms with Gasteiger partial charge in [-0.2, -0.15) is 0 Å². The number of nitrogens with one attached hydrogen (secondary N) is 13. The summed E-state index contributed by atoms with van der Waals surface area (Å²) in [5.41, 5.74) is 40.9. The number of unbranched alkanes of at least 4 members (excludes halogenated alkanes) is 13. The van der Waals surface area contributed by atoms with E-state index in [1.807, 2.05) is 0 Å². The minimum atomic E-state index is -1.79. The van der Waals surface area contributed by atoms with Gasteiger partial charge in [0.1, 0.15) is 54.4 Å². The van der Waals surface area contributed by atoms with Gasteiger partial charge in [-0.3, -0.25) is 91.6 Å². The molecule has 0 bridgehead atoms. The number of aliphatic imine (C=N–C) groups is 2. The Morgan fingerprint density at radius 3 is 1.42 bits per heavy atom. The number of aliphatic hydroxyl groups is 2. The van der Waals surface area contributed by atoms with Crippen LogP contribution in [0.3, 0.4) is 0 Å². The van der Waals surface area contributed by atoms with Crippen molar-refractivity contribution in [2.24, 2.45) is 50.1 Å². The number of primary amides is 1. The van der Waals surface area contributed by atoms with Crippen molar-refractivity contribution in [3.05, 3.63) is 71.8 Å². The zero-order valence-corrected chi connectivity index (χ0v) is 72.0. The summed E-state index contributed by atoms with van der Waals surface area (Å²) in [6.45, 7) is 3.12. The number of benzene rings is 2. The first-order chi connectivity index (χ1) is 58.7. The largest absolute Gasteiger partial charge is 0.394 e. The van der Waals surface area contributed by atoms with E-state index in [2.05, 4.69) is 86.0 Å². The molecule has 29 N–H and O–H groups in total. The quantitative estimate of drug-likeness (QED) is 0.0128. The third-order valence-electron chi connectivity index (χ3n) is 19.7. The highest BCUT2D eigenvalue weighted by molar-refractivity contribution is 8.00. The number of hydrogen-bond acceptors (Lipinski definition) is 23. The van der Waals surface area contributed by atoms with Gasteiger partial charge in [0, 0.05) is 51.2 Å². The van der Waals surface area contributed by atoms with E-state index < -0.39 is 187 Å². The Balaban J connectivity index is 1.62. The van der Waals surface area contributed by atoms with Crippen molar-refractivity contribution in [2.45, 2.75) is 260 Å². The molecule has 2 aromatic carbocycles. The SMILES string of the molecule is CCCCCCCCCCCCCCCC(=O)NCCCN1C(=O)CC(SC[C@H](NC(=O)[C@H](CCCN=C(N)N)NC(=O)[C@H](C)NC(=O)[C@H](CO)NC(=O)[C@H](CCCCN)NC(=O)[C@H](CCCN=C(N)N)NC(=O)[C@H](C)NC(=O)CNC(=O)[C@@H](NC(=O)[C@H](Cc2ccccc2)NC(=O)CNC(=O)CNC(=O)[C@@H](N)Cc2ccccc2)[C@@H](C)O)C(N)=O)C1=O. The van der Waals surface area contributed by atoms with Crippen LogP contribution in [0.1, 0.15) is 187 Å². The molecule has 12 atom stereocenters. The summed E-state index contributed by atoms with van der Waals surface area (Å²) in [6, 6.07) is 2.57. The number of rotatable bonds is 64. The smallest absolute Gasteiger partial charge is 0.245 e. The van der Waals surface area contributed by atoms with Crippen molar-refractivity contribution in [3.8, 4) is 0 Å². The van der Waals surface area contributed by atoms with Crippen LogP contribution in [0.2, 0.25) is 0 Å². The molecule has 3 rings (SSSR count). The first-order valence-corrected chi connectivity index (χ1v) is 43.2. The Hall–Kier alpha value is -11.1. The van der Waals surface area contributed by atoms with E-state index in [4.69, 9.17) is 40.1 Å². The molecule has 0 saturated carbocycles. The summed E-state index contributed by atoms with van der Waals surface area (Å²) in [5.74, 6) is -14.2. The van der Waals surface area contributed by atoms with Crippen molar-refractivity contribution in [1.29, 1.82) is 0 Å². The second-order valence-electron chi connectivity index (χ2n) is 30.2. The van der Waals surface area contributed by atoms with Gasteiger partial charge in [-0.05, 0) is 103 Å². The minimum absolute atomic E-state index is 0.0192. The van der Waals surface area contributed by atoms with Crippen LogP contribution in [0.5, 0.6) is 0 Å². The van der Waals surface area contributed by atoms with Crippen molar-refractivity contribution in [1.82, 2.24) is 74.0 Å². The van der Waals surface area contributed by atoms with Crippen LogP contribution in [0, 0.1) is 0 Å². The van der Waals surface area contributed by atoms with Crippen LogP contribution in [-0.2, 0) is 89.6 Å². The molecule has 1 unspecified atom stereocenters. The number of nitrogens with two attached hydrogens (primary N) is 7. The Morgan fingerprint density at radius 2 is 0.911 bits per heavy atom. The molecule has 1 aliphatic rings. The predicted octanol–water partition coefficient (Wildman–Crippen LogP) is -4.51. The third kappa shape index (κ3) is 44.5. The van der Waals surface area contributed by atoms with Crippen LogP contribution >= 0.6 is 11.8 Å². The van der Waals surface area contributed by atoms with Crippen LogP contribution < -0.4 is 109 Å². The van der Waals surface area contributed by atoms with Crippen LogP contribution in [0.4, 0.5) is 0 Å². The average Bonchev–Trinajstić information content (AvgIpc) is 1.70. The second-order valence-corrected chi connectivity index (χ2v) is 31.5. The molecule has 2 aromatic rings. The number of carbonyl (C=O) groups is 16. The lowest BCUT2D eigenvalue weighted by molar-refractivity contribution is -0.138. The number of amides is 16. The molecule has 0 radical (unpaired) electrons. The molecule has 0 aliphatic carbocycles. The molecule has 1 saturated heterocycles. The molecule has 41 nitrogen and oxygen atoms in total. The van der Waals surface area contributed by atoms with Crippen LogP contribution in [0.15, 0.2) is 70.6 Å². The zero-order chi connectivity index (χ0) is 91.2. The van der Waals surface area contributed by atoms with E-state index in [1.54, 1.807) is 60.7 Å². The van der Waals surface area contributed by atoms with Gasteiger partial charge in [0.15, 0.2) is 11.9 Å². The first kappa shape index (κ1) is 106. The third-order valence-corrected chi connectivity index (χ3v) is 21.0. The Kier molecular flexibility index (Phi) is 52.1. The number of imide groups is 1. The number of aliphatic hydroxyl groups excluding tert-OH is 2. The number of nitrogens with zero attached hydrogens (tertiary/aromatic N) is 3. The molecule has 1 fully saturated rings. The highest BCUT2D eigenvalue weighted by Crippen LogP contribution is 2.26. The summed E-state index contributed by atoms with van der Waals surface area (Å²) in [4.78, 5) is 224. The lowest BCUT2D eigenvalue weighted by Gasteiger charge is -2.26. The molecule has 16 amide bonds.